The Balaban J connectivity index is 1.69. The topological polar surface area (TPSA) is 55.1 Å². The van der Waals surface area contributed by atoms with Crippen molar-refractivity contribution in [2.24, 2.45) is 0 Å². The van der Waals surface area contributed by atoms with E-state index in [1.807, 2.05) is 24.3 Å². The molecule has 1 aromatic heterocycles. The zero-order valence-electron chi connectivity index (χ0n) is 16.7. The van der Waals surface area contributed by atoms with E-state index in [0.29, 0.717) is 5.56 Å². The molecule has 0 aliphatic rings. The Morgan fingerprint density at radius 1 is 1.00 bits per heavy atom. The summed E-state index contributed by atoms with van der Waals surface area (Å²) in [6.45, 7) is 5.02. The number of hydrogen-bond acceptors (Lipinski definition) is 2. The first-order chi connectivity index (χ1) is 14.1. The zero-order valence-corrected chi connectivity index (χ0v) is 16.7. The van der Waals surface area contributed by atoms with Gasteiger partial charge in [0.15, 0.2) is 0 Å². The molecule has 146 valence electrons. The molecule has 4 heteroatoms. The number of hydrogen-bond donors (Lipinski definition) is 1. The van der Waals surface area contributed by atoms with Gasteiger partial charge >= 0.3 is 5.97 Å². The Kier molecular flexibility index (Phi) is 5.17. The van der Waals surface area contributed by atoms with Crippen LogP contribution in [0, 0.1) is 6.92 Å². The summed E-state index contributed by atoms with van der Waals surface area (Å²) >= 11 is 0. The Labute approximate surface area is 170 Å². The molecule has 0 amide bonds. The van der Waals surface area contributed by atoms with Gasteiger partial charge < -0.3 is 9.67 Å². The van der Waals surface area contributed by atoms with E-state index < -0.39 is 5.97 Å². The standard InChI is InChI=1S/C25H24N2O2/c1-3-7-23-26-24-17(2)8-6-11-22(24)27(23)16-18-12-14-19(15-13-18)20-9-4-5-10-21(20)25(28)29/h4-6,8-15H,3,7,16H2,1-2H3,(H,28,29). The van der Waals surface area contributed by atoms with Gasteiger partial charge in [-0.2, -0.15) is 0 Å². The number of carbonyl (C=O) groups is 1. The van der Waals surface area contributed by atoms with Crippen LogP contribution in [0.4, 0.5) is 0 Å². The monoisotopic (exact) mass is 384 g/mol. The predicted molar refractivity (Wildman–Crippen MR) is 116 cm³/mol. The van der Waals surface area contributed by atoms with Gasteiger partial charge in [0.1, 0.15) is 5.82 Å². The van der Waals surface area contributed by atoms with Crippen molar-refractivity contribution >= 4 is 17.0 Å². The molecule has 0 aliphatic carbocycles. The van der Waals surface area contributed by atoms with Crippen molar-refractivity contribution < 1.29 is 9.90 Å². The second-order valence-corrected chi connectivity index (χ2v) is 7.35. The number of aryl methyl sites for hydroxylation is 2. The van der Waals surface area contributed by atoms with Gasteiger partial charge in [0, 0.05) is 13.0 Å². The molecule has 0 radical (unpaired) electrons. The summed E-state index contributed by atoms with van der Waals surface area (Å²) in [4.78, 5) is 16.4. The number of rotatable bonds is 6. The minimum atomic E-state index is -0.908. The summed E-state index contributed by atoms with van der Waals surface area (Å²) in [7, 11) is 0. The normalized spacial score (nSPS) is 11.1. The van der Waals surface area contributed by atoms with E-state index in [1.54, 1.807) is 12.1 Å². The average molecular weight is 384 g/mol. The molecule has 0 bridgehead atoms. The van der Waals surface area contributed by atoms with Crippen LogP contribution in [0.25, 0.3) is 22.2 Å². The molecule has 4 aromatic rings. The van der Waals surface area contributed by atoms with Gasteiger partial charge in [-0.25, -0.2) is 9.78 Å². The highest BCUT2D eigenvalue weighted by atomic mass is 16.4. The molecule has 4 rings (SSSR count). The first-order valence-corrected chi connectivity index (χ1v) is 9.95. The van der Waals surface area contributed by atoms with Crippen molar-refractivity contribution in [1.29, 1.82) is 0 Å². The highest BCUT2D eigenvalue weighted by Gasteiger charge is 2.13. The lowest BCUT2D eigenvalue weighted by Crippen LogP contribution is -2.05. The van der Waals surface area contributed by atoms with Gasteiger partial charge in [0.05, 0.1) is 16.6 Å². The fraction of sp³-hybridized carbons (Fsp3) is 0.200. The summed E-state index contributed by atoms with van der Waals surface area (Å²) in [5.74, 6) is 0.200. The molecule has 0 spiro atoms. The molecular formula is C25H24N2O2. The Morgan fingerprint density at radius 2 is 1.76 bits per heavy atom. The minimum absolute atomic E-state index is 0.321. The van der Waals surface area contributed by atoms with Crippen LogP contribution in [0.3, 0.4) is 0 Å². The number of aromatic nitrogens is 2. The van der Waals surface area contributed by atoms with Crippen LogP contribution in [0.1, 0.15) is 40.7 Å². The van der Waals surface area contributed by atoms with Gasteiger partial charge in [0.25, 0.3) is 0 Å². The van der Waals surface area contributed by atoms with E-state index in [4.69, 9.17) is 4.98 Å². The number of carboxylic acid groups (broad SMARTS) is 1. The second kappa shape index (κ2) is 7.92. The first-order valence-electron chi connectivity index (χ1n) is 9.95. The highest BCUT2D eigenvalue weighted by molar-refractivity contribution is 5.96. The van der Waals surface area contributed by atoms with Crippen LogP contribution in [0.2, 0.25) is 0 Å². The molecule has 0 atom stereocenters. The molecule has 1 N–H and O–H groups in total. The summed E-state index contributed by atoms with van der Waals surface area (Å²) in [6.07, 6.45) is 1.99. The molecule has 0 fully saturated rings. The number of aromatic carboxylic acids is 1. The third-order valence-electron chi connectivity index (χ3n) is 5.30. The maximum absolute atomic E-state index is 11.5. The maximum Gasteiger partial charge on any atom is 0.336 e. The lowest BCUT2D eigenvalue weighted by atomic mass is 9.99. The van der Waals surface area contributed by atoms with Crippen LogP contribution < -0.4 is 0 Å². The fourth-order valence-electron chi connectivity index (χ4n) is 3.82. The van der Waals surface area contributed by atoms with Crippen LogP contribution in [0.5, 0.6) is 0 Å². The SMILES string of the molecule is CCCc1nc2c(C)cccc2n1Cc1ccc(-c2ccccc2C(=O)O)cc1. The predicted octanol–water partition coefficient (Wildman–Crippen LogP) is 5.71. The summed E-state index contributed by atoms with van der Waals surface area (Å²) in [5, 5.41) is 9.45. The summed E-state index contributed by atoms with van der Waals surface area (Å²) < 4.78 is 2.30. The van der Waals surface area contributed by atoms with Gasteiger partial charge in [-0.1, -0.05) is 61.5 Å². The minimum Gasteiger partial charge on any atom is -0.478 e. The van der Waals surface area contributed by atoms with E-state index in [1.165, 1.54) is 11.1 Å². The van der Waals surface area contributed by atoms with Crippen LogP contribution in [-0.2, 0) is 13.0 Å². The number of carboxylic acids is 1. The van der Waals surface area contributed by atoms with Crippen molar-refractivity contribution in [3.8, 4) is 11.1 Å². The largest absolute Gasteiger partial charge is 0.478 e. The van der Waals surface area contributed by atoms with Crippen molar-refractivity contribution in [2.75, 3.05) is 0 Å². The number of nitrogens with zero attached hydrogens (tertiary/aromatic N) is 2. The fourth-order valence-corrected chi connectivity index (χ4v) is 3.82. The molecule has 1 heterocycles. The van der Waals surface area contributed by atoms with Gasteiger partial charge in [-0.3, -0.25) is 0 Å². The molecule has 0 unspecified atom stereocenters. The molecule has 4 nitrogen and oxygen atoms in total. The smallest absolute Gasteiger partial charge is 0.336 e. The van der Waals surface area contributed by atoms with E-state index >= 15 is 0 Å². The average Bonchev–Trinajstić information content (AvgIpc) is 3.07. The molecule has 0 saturated heterocycles. The Hall–Kier alpha value is -3.40. The van der Waals surface area contributed by atoms with Crippen LogP contribution in [0.15, 0.2) is 66.7 Å². The van der Waals surface area contributed by atoms with Gasteiger partial charge in [-0.05, 0) is 47.7 Å². The lowest BCUT2D eigenvalue weighted by molar-refractivity contribution is 0.0697. The van der Waals surface area contributed by atoms with Crippen molar-refractivity contribution in [2.45, 2.75) is 33.2 Å². The van der Waals surface area contributed by atoms with E-state index in [9.17, 15) is 9.90 Å². The molecule has 0 saturated carbocycles. The van der Waals surface area contributed by atoms with Crippen molar-refractivity contribution in [3.63, 3.8) is 0 Å². The van der Waals surface area contributed by atoms with Crippen molar-refractivity contribution in [3.05, 3.63) is 89.2 Å². The number of imidazole rings is 1. The molecule has 0 aliphatic heterocycles. The van der Waals surface area contributed by atoms with Crippen LogP contribution >= 0.6 is 0 Å². The van der Waals surface area contributed by atoms with E-state index in [-0.39, 0.29) is 0 Å². The quantitative estimate of drug-likeness (QED) is 0.463. The Morgan fingerprint density at radius 3 is 2.48 bits per heavy atom. The summed E-state index contributed by atoms with van der Waals surface area (Å²) in [5.41, 5.74) is 6.56. The second-order valence-electron chi connectivity index (χ2n) is 7.35. The molecule has 29 heavy (non-hydrogen) atoms. The number of benzene rings is 3. The maximum atomic E-state index is 11.5. The molecule has 3 aromatic carbocycles. The highest BCUT2D eigenvalue weighted by Crippen LogP contribution is 2.26. The third-order valence-corrected chi connectivity index (χ3v) is 5.30. The first kappa shape index (κ1) is 18.9. The third kappa shape index (κ3) is 3.66. The number of fused-ring (bicyclic) bond motifs is 1. The number of para-hydroxylation sites is 1. The van der Waals surface area contributed by atoms with Gasteiger partial charge in [-0.15, -0.1) is 0 Å². The molecular weight excluding hydrogens is 360 g/mol. The van der Waals surface area contributed by atoms with E-state index in [2.05, 4.69) is 48.7 Å². The van der Waals surface area contributed by atoms with Crippen LogP contribution in [-0.4, -0.2) is 20.6 Å². The van der Waals surface area contributed by atoms with Gasteiger partial charge in [0.2, 0.25) is 0 Å². The van der Waals surface area contributed by atoms with E-state index in [0.717, 1.165) is 47.4 Å². The lowest BCUT2D eigenvalue weighted by Gasteiger charge is -2.11. The Bertz CT molecular complexity index is 1170. The zero-order chi connectivity index (χ0) is 20.4. The summed E-state index contributed by atoms with van der Waals surface area (Å²) in [6, 6.07) is 21.6. The van der Waals surface area contributed by atoms with Crippen molar-refractivity contribution in [1.82, 2.24) is 9.55 Å².